The highest BCUT2D eigenvalue weighted by Gasteiger charge is 2.17. The SMILES string of the molecule is Cc1ccncc1C(O)c1cccc(Br)c1Cl. The molecule has 0 aliphatic rings. The molecule has 1 heterocycles. The van der Waals surface area contributed by atoms with E-state index in [9.17, 15) is 5.11 Å². The van der Waals surface area contributed by atoms with E-state index in [1.807, 2.05) is 31.2 Å². The van der Waals surface area contributed by atoms with Gasteiger partial charge in [-0.05, 0) is 40.5 Å². The Balaban J connectivity index is 2.48. The normalized spacial score (nSPS) is 12.5. The van der Waals surface area contributed by atoms with Gasteiger partial charge in [-0.3, -0.25) is 4.98 Å². The second-order valence-electron chi connectivity index (χ2n) is 3.78. The van der Waals surface area contributed by atoms with Crippen molar-refractivity contribution < 1.29 is 5.11 Å². The minimum absolute atomic E-state index is 0.531. The maximum Gasteiger partial charge on any atom is 0.107 e. The zero-order chi connectivity index (χ0) is 12.4. The zero-order valence-corrected chi connectivity index (χ0v) is 11.5. The summed E-state index contributed by atoms with van der Waals surface area (Å²) in [5.41, 5.74) is 2.44. The Bertz CT molecular complexity index is 545. The van der Waals surface area contributed by atoms with Gasteiger partial charge >= 0.3 is 0 Å². The number of pyridine rings is 1. The van der Waals surface area contributed by atoms with Crippen molar-refractivity contribution in [2.75, 3.05) is 0 Å². The zero-order valence-electron chi connectivity index (χ0n) is 9.19. The van der Waals surface area contributed by atoms with E-state index < -0.39 is 6.10 Å². The van der Waals surface area contributed by atoms with Gasteiger partial charge in [0.1, 0.15) is 6.10 Å². The molecule has 1 atom stereocenters. The van der Waals surface area contributed by atoms with Gasteiger partial charge in [0.15, 0.2) is 0 Å². The summed E-state index contributed by atoms with van der Waals surface area (Å²) in [4.78, 5) is 4.03. The van der Waals surface area contributed by atoms with Gasteiger partial charge in [0.2, 0.25) is 0 Å². The molecule has 2 nitrogen and oxygen atoms in total. The van der Waals surface area contributed by atoms with Crippen LogP contribution < -0.4 is 0 Å². The third-order valence-corrected chi connectivity index (χ3v) is 3.96. The summed E-state index contributed by atoms with van der Waals surface area (Å²) >= 11 is 9.51. The van der Waals surface area contributed by atoms with Crippen LogP contribution in [-0.2, 0) is 0 Å². The van der Waals surface area contributed by atoms with Crippen molar-refractivity contribution >= 4 is 27.5 Å². The molecule has 88 valence electrons. The number of aliphatic hydroxyl groups excluding tert-OH is 1. The molecular formula is C13H11BrClNO. The first-order chi connectivity index (χ1) is 8.11. The lowest BCUT2D eigenvalue weighted by Gasteiger charge is -2.15. The largest absolute Gasteiger partial charge is 0.384 e. The maximum absolute atomic E-state index is 10.3. The third kappa shape index (κ3) is 2.51. The van der Waals surface area contributed by atoms with Crippen molar-refractivity contribution in [3.8, 4) is 0 Å². The van der Waals surface area contributed by atoms with Crippen molar-refractivity contribution in [2.45, 2.75) is 13.0 Å². The third-order valence-electron chi connectivity index (χ3n) is 2.65. The Morgan fingerprint density at radius 1 is 1.29 bits per heavy atom. The van der Waals surface area contributed by atoms with Crippen LogP contribution in [-0.4, -0.2) is 10.1 Å². The van der Waals surface area contributed by atoms with Crippen LogP contribution in [0.2, 0.25) is 5.02 Å². The van der Waals surface area contributed by atoms with E-state index >= 15 is 0 Å². The lowest BCUT2D eigenvalue weighted by molar-refractivity contribution is 0.219. The summed E-state index contributed by atoms with van der Waals surface area (Å²) in [6.45, 7) is 1.94. The van der Waals surface area contributed by atoms with Gasteiger partial charge in [0.25, 0.3) is 0 Å². The van der Waals surface area contributed by atoms with Gasteiger partial charge in [-0.15, -0.1) is 0 Å². The smallest absolute Gasteiger partial charge is 0.107 e. The summed E-state index contributed by atoms with van der Waals surface area (Å²) in [6.07, 6.45) is 2.61. The number of aliphatic hydroxyl groups is 1. The van der Waals surface area contributed by atoms with Crippen LogP contribution in [0.1, 0.15) is 22.8 Å². The van der Waals surface area contributed by atoms with E-state index in [-0.39, 0.29) is 0 Å². The summed E-state index contributed by atoms with van der Waals surface area (Å²) in [7, 11) is 0. The first-order valence-corrected chi connectivity index (χ1v) is 6.31. The van der Waals surface area contributed by atoms with E-state index in [2.05, 4.69) is 20.9 Å². The van der Waals surface area contributed by atoms with Crippen molar-refractivity contribution in [2.24, 2.45) is 0 Å². The lowest BCUT2D eigenvalue weighted by atomic mass is 9.99. The molecule has 0 aliphatic heterocycles. The fourth-order valence-electron chi connectivity index (χ4n) is 1.66. The molecule has 2 aromatic rings. The molecule has 17 heavy (non-hydrogen) atoms. The van der Waals surface area contributed by atoms with Crippen LogP contribution in [0.25, 0.3) is 0 Å². The van der Waals surface area contributed by atoms with Gasteiger partial charge in [-0.2, -0.15) is 0 Å². The number of benzene rings is 1. The molecule has 4 heteroatoms. The molecule has 0 aliphatic carbocycles. The topological polar surface area (TPSA) is 33.1 Å². The molecule has 0 spiro atoms. The predicted molar refractivity (Wildman–Crippen MR) is 72.2 cm³/mol. The molecule has 0 saturated heterocycles. The monoisotopic (exact) mass is 311 g/mol. The van der Waals surface area contributed by atoms with Gasteiger partial charge in [-0.25, -0.2) is 0 Å². The number of nitrogens with zero attached hydrogens (tertiary/aromatic N) is 1. The number of rotatable bonds is 2. The molecule has 0 saturated carbocycles. The van der Waals surface area contributed by atoms with Gasteiger partial charge in [0.05, 0.1) is 5.02 Å². The Morgan fingerprint density at radius 3 is 2.76 bits per heavy atom. The quantitative estimate of drug-likeness (QED) is 0.912. The predicted octanol–water partition coefficient (Wildman–Crippen LogP) is 3.89. The molecule has 1 aromatic heterocycles. The molecule has 1 N–H and O–H groups in total. The highest BCUT2D eigenvalue weighted by atomic mass is 79.9. The van der Waals surface area contributed by atoms with Gasteiger partial charge in [-0.1, -0.05) is 23.7 Å². The van der Waals surface area contributed by atoms with E-state index in [0.29, 0.717) is 10.6 Å². The molecule has 0 amide bonds. The lowest BCUT2D eigenvalue weighted by Crippen LogP contribution is -2.03. The van der Waals surface area contributed by atoms with Crippen LogP contribution in [0.3, 0.4) is 0 Å². The fraction of sp³-hybridized carbons (Fsp3) is 0.154. The Kier molecular flexibility index (Phi) is 3.82. The highest BCUT2D eigenvalue weighted by Crippen LogP contribution is 2.33. The summed E-state index contributed by atoms with van der Waals surface area (Å²) in [5, 5.41) is 10.9. The number of aromatic nitrogens is 1. The summed E-state index contributed by atoms with van der Waals surface area (Å²) < 4.78 is 0.775. The Hall–Kier alpha value is -0.900. The minimum Gasteiger partial charge on any atom is -0.384 e. The second kappa shape index (κ2) is 5.17. The number of aryl methyl sites for hydroxylation is 1. The van der Waals surface area contributed by atoms with Crippen molar-refractivity contribution in [3.63, 3.8) is 0 Å². The van der Waals surface area contributed by atoms with E-state index in [4.69, 9.17) is 11.6 Å². The first kappa shape index (κ1) is 12.6. The molecular weight excluding hydrogens is 302 g/mol. The number of halogens is 2. The average molecular weight is 313 g/mol. The first-order valence-electron chi connectivity index (χ1n) is 5.13. The Labute approximate surface area is 113 Å². The van der Waals surface area contributed by atoms with Gasteiger partial charge < -0.3 is 5.11 Å². The van der Waals surface area contributed by atoms with Gasteiger partial charge in [0, 0.05) is 28.0 Å². The number of hydrogen-bond acceptors (Lipinski definition) is 2. The van der Waals surface area contributed by atoms with Crippen molar-refractivity contribution in [1.82, 2.24) is 4.98 Å². The fourth-order valence-corrected chi connectivity index (χ4v) is 2.27. The molecule has 0 fully saturated rings. The molecule has 0 radical (unpaired) electrons. The van der Waals surface area contributed by atoms with Crippen LogP contribution >= 0.6 is 27.5 Å². The van der Waals surface area contributed by atoms with E-state index in [0.717, 1.165) is 15.6 Å². The van der Waals surface area contributed by atoms with Crippen LogP contribution in [0.4, 0.5) is 0 Å². The molecule has 1 aromatic carbocycles. The minimum atomic E-state index is -0.756. The van der Waals surface area contributed by atoms with E-state index in [1.165, 1.54) is 0 Å². The van der Waals surface area contributed by atoms with Crippen LogP contribution in [0, 0.1) is 6.92 Å². The molecule has 0 bridgehead atoms. The second-order valence-corrected chi connectivity index (χ2v) is 5.01. The summed E-state index contributed by atoms with van der Waals surface area (Å²) in [5.74, 6) is 0. The average Bonchev–Trinajstić information content (AvgIpc) is 2.32. The van der Waals surface area contributed by atoms with E-state index in [1.54, 1.807) is 12.4 Å². The van der Waals surface area contributed by atoms with Crippen molar-refractivity contribution in [1.29, 1.82) is 0 Å². The number of hydrogen-bond donors (Lipinski definition) is 1. The standard InChI is InChI=1S/C13H11BrClNO/c1-8-5-6-16-7-10(8)13(17)9-3-2-4-11(14)12(9)15/h2-7,13,17H,1H3. The highest BCUT2D eigenvalue weighted by molar-refractivity contribution is 9.10. The van der Waals surface area contributed by atoms with Crippen LogP contribution in [0.5, 0.6) is 0 Å². The maximum atomic E-state index is 10.3. The Morgan fingerprint density at radius 2 is 2.06 bits per heavy atom. The molecule has 2 rings (SSSR count). The van der Waals surface area contributed by atoms with Crippen LogP contribution in [0.15, 0.2) is 41.1 Å². The summed E-state index contributed by atoms with van der Waals surface area (Å²) in [6, 6.07) is 7.36. The molecule has 1 unspecified atom stereocenters. The van der Waals surface area contributed by atoms with Crippen molar-refractivity contribution in [3.05, 3.63) is 62.8 Å².